The van der Waals surface area contributed by atoms with Crippen LogP contribution in [0.1, 0.15) is 61.0 Å². The molecule has 2 N–H and O–H groups in total. The maximum absolute atomic E-state index is 12.8. The van der Waals surface area contributed by atoms with Gasteiger partial charge in [0, 0.05) is 5.56 Å². The van der Waals surface area contributed by atoms with Gasteiger partial charge in [-0.05, 0) is 60.9 Å². The van der Waals surface area contributed by atoms with Crippen LogP contribution in [0, 0.1) is 5.92 Å². The molecule has 0 saturated heterocycles. The lowest BCUT2D eigenvalue weighted by Gasteiger charge is -2.23. The van der Waals surface area contributed by atoms with Gasteiger partial charge in [0.1, 0.15) is 5.75 Å². The predicted molar refractivity (Wildman–Crippen MR) is 130 cm³/mol. The van der Waals surface area contributed by atoms with Crippen LogP contribution >= 0.6 is 0 Å². The Morgan fingerprint density at radius 3 is 2.64 bits per heavy atom. The first-order chi connectivity index (χ1) is 16.2. The van der Waals surface area contributed by atoms with E-state index in [2.05, 4.69) is 5.32 Å². The molecule has 1 heterocycles. The number of nitrogens with zero attached hydrogens (tertiary/aromatic N) is 2. The lowest BCUT2D eigenvalue weighted by atomic mass is 9.85. The standard InChI is InChI=1S/C28H31N3O2/c32-22-13-14-23-21(18-22)12-16-24-27(23)29-25(15-11-19-7-3-1-4-8-19)28(30-24)31-26(33)17-20-9-5-2-6-10-20/h2,5-6,9-10,13-14,18-19,32H,1,3-4,7-8,11-12,15-17H2,(H,30,31,33). The molecule has 5 nitrogen and oxygen atoms in total. The highest BCUT2D eigenvalue weighted by molar-refractivity contribution is 5.92. The molecule has 170 valence electrons. The molecule has 2 aliphatic rings. The third-order valence-corrected chi connectivity index (χ3v) is 6.99. The van der Waals surface area contributed by atoms with Crippen molar-refractivity contribution in [1.82, 2.24) is 9.97 Å². The largest absolute Gasteiger partial charge is 0.508 e. The number of amides is 1. The molecule has 1 aromatic heterocycles. The number of aromatic hydroxyl groups is 1. The summed E-state index contributed by atoms with van der Waals surface area (Å²) in [6.45, 7) is 0. The van der Waals surface area contributed by atoms with Crippen LogP contribution in [0.4, 0.5) is 5.82 Å². The van der Waals surface area contributed by atoms with Crippen molar-refractivity contribution in [2.24, 2.45) is 5.92 Å². The van der Waals surface area contributed by atoms with Crippen LogP contribution in [-0.2, 0) is 30.5 Å². The summed E-state index contributed by atoms with van der Waals surface area (Å²) in [5.41, 5.74) is 5.83. The summed E-state index contributed by atoms with van der Waals surface area (Å²) in [5, 5.41) is 13.0. The number of rotatable bonds is 6. The van der Waals surface area contributed by atoms with Gasteiger partial charge in [0.15, 0.2) is 5.82 Å². The molecule has 1 fully saturated rings. The summed E-state index contributed by atoms with van der Waals surface area (Å²) in [6.07, 6.45) is 10.3. The summed E-state index contributed by atoms with van der Waals surface area (Å²) in [7, 11) is 0. The van der Waals surface area contributed by atoms with Crippen LogP contribution < -0.4 is 5.32 Å². The number of hydrogen-bond acceptors (Lipinski definition) is 4. The van der Waals surface area contributed by atoms with Crippen molar-refractivity contribution in [2.45, 2.75) is 64.2 Å². The molecule has 0 aliphatic heterocycles. The molecule has 2 aliphatic carbocycles. The number of benzene rings is 2. The number of fused-ring (bicyclic) bond motifs is 3. The van der Waals surface area contributed by atoms with Gasteiger partial charge in [-0.3, -0.25) is 4.79 Å². The molecule has 5 heteroatoms. The van der Waals surface area contributed by atoms with Gasteiger partial charge in [-0.25, -0.2) is 9.97 Å². The van der Waals surface area contributed by atoms with E-state index in [-0.39, 0.29) is 11.7 Å². The molecule has 0 unspecified atom stereocenters. The summed E-state index contributed by atoms with van der Waals surface area (Å²) in [5.74, 6) is 1.57. The minimum Gasteiger partial charge on any atom is -0.508 e. The quantitative estimate of drug-likeness (QED) is 0.519. The van der Waals surface area contributed by atoms with Crippen LogP contribution in [0.25, 0.3) is 11.3 Å². The molecule has 1 saturated carbocycles. The second-order valence-electron chi connectivity index (χ2n) is 9.41. The maximum Gasteiger partial charge on any atom is 0.229 e. The van der Waals surface area contributed by atoms with Crippen LogP contribution in [-0.4, -0.2) is 21.0 Å². The average Bonchev–Trinajstić information content (AvgIpc) is 2.83. The zero-order valence-electron chi connectivity index (χ0n) is 19.0. The van der Waals surface area contributed by atoms with Crippen molar-refractivity contribution in [3.05, 3.63) is 71.0 Å². The van der Waals surface area contributed by atoms with Gasteiger partial charge in [-0.2, -0.15) is 0 Å². The molecule has 0 radical (unpaired) electrons. The van der Waals surface area contributed by atoms with Crippen molar-refractivity contribution in [1.29, 1.82) is 0 Å². The van der Waals surface area contributed by atoms with Gasteiger partial charge in [0.25, 0.3) is 0 Å². The number of nitrogens with one attached hydrogen (secondary N) is 1. The van der Waals surface area contributed by atoms with Crippen molar-refractivity contribution in [3.8, 4) is 17.0 Å². The van der Waals surface area contributed by atoms with E-state index in [9.17, 15) is 9.90 Å². The fourth-order valence-electron chi connectivity index (χ4n) is 5.21. The van der Waals surface area contributed by atoms with E-state index in [0.29, 0.717) is 12.2 Å². The highest BCUT2D eigenvalue weighted by Gasteiger charge is 2.23. The Morgan fingerprint density at radius 2 is 1.82 bits per heavy atom. The number of phenols is 1. The fraction of sp³-hybridized carbons (Fsp3) is 0.393. The minimum atomic E-state index is -0.0597. The average molecular weight is 442 g/mol. The molecule has 0 spiro atoms. The second-order valence-corrected chi connectivity index (χ2v) is 9.41. The predicted octanol–water partition coefficient (Wildman–Crippen LogP) is 5.64. The van der Waals surface area contributed by atoms with E-state index in [1.807, 2.05) is 42.5 Å². The van der Waals surface area contributed by atoms with Gasteiger partial charge in [0.2, 0.25) is 5.91 Å². The van der Waals surface area contributed by atoms with Gasteiger partial charge < -0.3 is 10.4 Å². The number of aryl methyl sites for hydroxylation is 3. The third-order valence-electron chi connectivity index (χ3n) is 6.99. The fourth-order valence-corrected chi connectivity index (χ4v) is 5.21. The number of aromatic nitrogens is 2. The Bertz CT molecular complexity index is 1140. The van der Waals surface area contributed by atoms with Crippen LogP contribution in [0.5, 0.6) is 5.75 Å². The van der Waals surface area contributed by atoms with Crippen LogP contribution in [0.15, 0.2) is 48.5 Å². The summed E-state index contributed by atoms with van der Waals surface area (Å²) in [4.78, 5) is 22.8. The van der Waals surface area contributed by atoms with Gasteiger partial charge in [-0.1, -0.05) is 62.4 Å². The lowest BCUT2D eigenvalue weighted by Crippen LogP contribution is -2.20. The Kier molecular flexibility index (Phi) is 6.38. The highest BCUT2D eigenvalue weighted by atomic mass is 16.3. The first-order valence-corrected chi connectivity index (χ1v) is 12.2. The first-order valence-electron chi connectivity index (χ1n) is 12.2. The van der Waals surface area contributed by atoms with Gasteiger partial charge in [0.05, 0.1) is 23.5 Å². The first kappa shape index (κ1) is 21.6. The molecule has 0 bridgehead atoms. The van der Waals surface area contributed by atoms with E-state index in [1.54, 1.807) is 6.07 Å². The second kappa shape index (κ2) is 9.74. The van der Waals surface area contributed by atoms with Crippen molar-refractivity contribution < 1.29 is 9.90 Å². The lowest BCUT2D eigenvalue weighted by molar-refractivity contribution is -0.115. The zero-order chi connectivity index (χ0) is 22.6. The molecule has 2 aromatic carbocycles. The minimum absolute atomic E-state index is 0.0597. The van der Waals surface area contributed by atoms with Crippen LogP contribution in [0.3, 0.4) is 0 Å². The Balaban J connectivity index is 1.43. The molecule has 5 rings (SSSR count). The Hall–Kier alpha value is -3.21. The van der Waals surface area contributed by atoms with E-state index in [1.165, 1.54) is 32.1 Å². The summed E-state index contributed by atoms with van der Waals surface area (Å²) < 4.78 is 0. The maximum atomic E-state index is 12.8. The van der Waals surface area contributed by atoms with Gasteiger partial charge >= 0.3 is 0 Å². The molecule has 1 amide bonds. The van der Waals surface area contributed by atoms with Crippen molar-refractivity contribution >= 4 is 11.7 Å². The third kappa shape index (κ3) is 5.08. The van der Waals surface area contributed by atoms with E-state index < -0.39 is 0 Å². The molecular formula is C28H31N3O2. The summed E-state index contributed by atoms with van der Waals surface area (Å²) in [6, 6.07) is 15.3. The molecule has 33 heavy (non-hydrogen) atoms. The Morgan fingerprint density at radius 1 is 1.00 bits per heavy atom. The Labute approximate surface area is 195 Å². The van der Waals surface area contributed by atoms with Crippen molar-refractivity contribution in [2.75, 3.05) is 5.32 Å². The number of hydrogen-bond donors (Lipinski definition) is 2. The molecular weight excluding hydrogens is 410 g/mol. The zero-order valence-corrected chi connectivity index (χ0v) is 19.0. The van der Waals surface area contributed by atoms with E-state index in [4.69, 9.17) is 9.97 Å². The smallest absolute Gasteiger partial charge is 0.229 e. The topological polar surface area (TPSA) is 75.1 Å². The molecule has 3 aromatic rings. The number of carbonyl (C=O) groups excluding carboxylic acids is 1. The van der Waals surface area contributed by atoms with E-state index >= 15 is 0 Å². The van der Waals surface area contributed by atoms with Gasteiger partial charge in [-0.15, -0.1) is 0 Å². The normalized spacial score (nSPS) is 15.5. The number of carbonyl (C=O) groups is 1. The molecule has 0 atom stereocenters. The monoisotopic (exact) mass is 441 g/mol. The number of phenolic OH excluding ortho intramolecular Hbond substituents is 1. The number of anilines is 1. The SMILES string of the molecule is O=C(Cc1ccccc1)Nc1nc2c(nc1CCC1CCCCC1)-c1ccc(O)cc1CC2. The van der Waals surface area contributed by atoms with Crippen LogP contribution in [0.2, 0.25) is 0 Å². The highest BCUT2D eigenvalue weighted by Crippen LogP contribution is 2.35. The van der Waals surface area contributed by atoms with Crippen molar-refractivity contribution in [3.63, 3.8) is 0 Å². The summed E-state index contributed by atoms with van der Waals surface area (Å²) >= 11 is 0. The van der Waals surface area contributed by atoms with E-state index in [0.717, 1.165) is 65.4 Å².